The minimum absolute atomic E-state index is 0.00383. The monoisotopic (exact) mass is 196 g/mol. The maximum atomic E-state index is 11.2. The Labute approximate surface area is 86.3 Å². The van der Waals surface area contributed by atoms with Gasteiger partial charge in [-0.3, -0.25) is 4.79 Å². The van der Waals surface area contributed by atoms with Crippen LogP contribution in [0.15, 0.2) is 11.6 Å². The molecule has 1 aliphatic carbocycles. The third-order valence-corrected chi connectivity index (χ3v) is 2.68. The van der Waals surface area contributed by atoms with Crippen LogP contribution in [0.3, 0.4) is 0 Å². The van der Waals surface area contributed by atoms with Crippen molar-refractivity contribution in [2.45, 2.75) is 40.0 Å². The van der Waals surface area contributed by atoms with Crippen LogP contribution >= 0.6 is 0 Å². The van der Waals surface area contributed by atoms with Gasteiger partial charge in [-0.15, -0.1) is 0 Å². The van der Waals surface area contributed by atoms with Crippen molar-refractivity contribution in [3.63, 3.8) is 0 Å². The van der Waals surface area contributed by atoms with Gasteiger partial charge in [0.05, 0.1) is 12.5 Å². The predicted octanol–water partition coefficient (Wildman–Crippen LogP) is 2.93. The Morgan fingerprint density at radius 2 is 2.36 bits per heavy atom. The predicted molar refractivity (Wildman–Crippen MR) is 56.9 cm³/mol. The van der Waals surface area contributed by atoms with E-state index in [1.807, 2.05) is 13.8 Å². The van der Waals surface area contributed by atoms with Gasteiger partial charge < -0.3 is 4.74 Å². The van der Waals surface area contributed by atoms with E-state index in [1.165, 1.54) is 5.57 Å². The Balaban J connectivity index is 2.23. The van der Waals surface area contributed by atoms with Crippen LogP contribution in [-0.2, 0) is 9.53 Å². The second kappa shape index (κ2) is 5.18. The number of hydrogen-bond donors (Lipinski definition) is 0. The first-order valence-electron chi connectivity index (χ1n) is 5.42. The highest BCUT2D eigenvalue weighted by molar-refractivity contribution is 5.71. The molecule has 1 unspecified atom stereocenters. The zero-order valence-electron chi connectivity index (χ0n) is 9.38. The fourth-order valence-corrected chi connectivity index (χ4v) is 1.54. The van der Waals surface area contributed by atoms with E-state index in [9.17, 15) is 4.79 Å². The summed E-state index contributed by atoms with van der Waals surface area (Å²) in [6.07, 6.45) is 5.65. The molecule has 80 valence electrons. The van der Waals surface area contributed by atoms with Gasteiger partial charge >= 0.3 is 5.97 Å². The molecule has 0 heterocycles. The van der Waals surface area contributed by atoms with Gasteiger partial charge in [0.1, 0.15) is 0 Å². The molecule has 1 aliphatic rings. The molecule has 0 radical (unpaired) electrons. The summed E-state index contributed by atoms with van der Waals surface area (Å²) in [4.78, 5) is 11.2. The van der Waals surface area contributed by atoms with Crippen LogP contribution in [0.4, 0.5) is 0 Å². The number of carbonyl (C=O) groups is 1. The number of allylic oxidation sites excluding steroid dienone is 2. The Kier molecular flexibility index (Phi) is 4.18. The second-order valence-corrected chi connectivity index (χ2v) is 4.48. The highest BCUT2D eigenvalue weighted by Crippen LogP contribution is 2.23. The van der Waals surface area contributed by atoms with E-state index in [0.717, 1.165) is 19.3 Å². The van der Waals surface area contributed by atoms with Crippen molar-refractivity contribution in [3.05, 3.63) is 11.6 Å². The van der Waals surface area contributed by atoms with Crippen LogP contribution in [0.5, 0.6) is 0 Å². The van der Waals surface area contributed by atoms with E-state index in [-0.39, 0.29) is 11.9 Å². The molecule has 0 aromatic heterocycles. The maximum Gasteiger partial charge on any atom is 0.308 e. The molecule has 2 heteroatoms. The number of hydrogen-bond acceptors (Lipinski definition) is 2. The summed E-state index contributed by atoms with van der Waals surface area (Å²) in [5.74, 6) is 0.466. The average molecular weight is 196 g/mol. The van der Waals surface area contributed by atoms with Crippen molar-refractivity contribution < 1.29 is 9.53 Å². The third-order valence-electron chi connectivity index (χ3n) is 2.68. The highest BCUT2D eigenvalue weighted by Gasteiger charge is 2.15. The van der Waals surface area contributed by atoms with Gasteiger partial charge in [-0.25, -0.2) is 0 Å². The van der Waals surface area contributed by atoms with Crippen LogP contribution in [0.25, 0.3) is 0 Å². The van der Waals surface area contributed by atoms with Crippen molar-refractivity contribution in [2.75, 3.05) is 6.61 Å². The molecule has 1 rings (SSSR count). The molecule has 0 N–H and O–H groups in total. The van der Waals surface area contributed by atoms with E-state index in [0.29, 0.717) is 12.5 Å². The molecular weight excluding hydrogens is 176 g/mol. The minimum Gasteiger partial charge on any atom is -0.465 e. The molecule has 0 aromatic carbocycles. The molecule has 0 aliphatic heterocycles. The molecule has 0 saturated carbocycles. The fourth-order valence-electron chi connectivity index (χ4n) is 1.54. The first-order valence-corrected chi connectivity index (χ1v) is 5.42. The number of ether oxygens (including phenoxy) is 1. The van der Waals surface area contributed by atoms with Crippen molar-refractivity contribution in [3.8, 4) is 0 Å². The van der Waals surface area contributed by atoms with E-state index < -0.39 is 0 Å². The molecule has 0 amide bonds. The molecule has 0 bridgehead atoms. The molecule has 0 fully saturated rings. The van der Waals surface area contributed by atoms with E-state index in [1.54, 1.807) is 0 Å². The zero-order valence-corrected chi connectivity index (χ0v) is 9.38. The Hall–Kier alpha value is -0.790. The van der Waals surface area contributed by atoms with Crippen LogP contribution < -0.4 is 0 Å². The Morgan fingerprint density at radius 3 is 2.86 bits per heavy atom. The van der Waals surface area contributed by atoms with Crippen LogP contribution in [-0.4, -0.2) is 12.6 Å². The van der Waals surface area contributed by atoms with Gasteiger partial charge in [0.25, 0.3) is 0 Å². The molecule has 2 nitrogen and oxygen atoms in total. The number of esters is 1. The first kappa shape index (κ1) is 11.3. The summed E-state index contributed by atoms with van der Waals surface area (Å²) in [5.41, 5.74) is 1.47. The molecule has 1 atom stereocenters. The van der Waals surface area contributed by atoms with Crippen LogP contribution in [0.2, 0.25) is 0 Å². The zero-order chi connectivity index (χ0) is 10.6. The fraction of sp³-hybridized carbons (Fsp3) is 0.750. The standard InChI is InChI=1S/C12H20O2/c1-9(2)12(13)14-8-11-6-4-10(3)5-7-11/h4,9,11H,5-8H2,1-3H3. The SMILES string of the molecule is CC1=CCC(COC(=O)C(C)C)CC1. The molecular formula is C12H20O2. The summed E-state index contributed by atoms with van der Waals surface area (Å²) >= 11 is 0. The average Bonchev–Trinajstić information content (AvgIpc) is 2.16. The molecule has 0 saturated heterocycles. The van der Waals surface area contributed by atoms with Crippen molar-refractivity contribution >= 4 is 5.97 Å². The lowest BCUT2D eigenvalue weighted by molar-refractivity contribution is -0.148. The molecule has 0 aromatic rings. The summed E-state index contributed by atoms with van der Waals surface area (Å²) in [6.45, 7) is 6.50. The lowest BCUT2D eigenvalue weighted by Gasteiger charge is -2.20. The minimum atomic E-state index is -0.0729. The third kappa shape index (κ3) is 3.52. The summed E-state index contributed by atoms with van der Waals surface area (Å²) in [6, 6.07) is 0. The summed E-state index contributed by atoms with van der Waals surface area (Å²) in [7, 11) is 0. The van der Waals surface area contributed by atoms with Gasteiger partial charge in [-0.2, -0.15) is 0 Å². The van der Waals surface area contributed by atoms with E-state index in [4.69, 9.17) is 4.74 Å². The van der Waals surface area contributed by atoms with Crippen molar-refractivity contribution in [1.82, 2.24) is 0 Å². The van der Waals surface area contributed by atoms with Crippen molar-refractivity contribution in [2.24, 2.45) is 11.8 Å². The van der Waals surface area contributed by atoms with Crippen molar-refractivity contribution in [1.29, 1.82) is 0 Å². The Bertz CT molecular complexity index is 228. The van der Waals surface area contributed by atoms with Gasteiger partial charge in [-0.1, -0.05) is 25.5 Å². The Morgan fingerprint density at radius 1 is 1.64 bits per heavy atom. The van der Waals surface area contributed by atoms with Gasteiger partial charge in [0.15, 0.2) is 0 Å². The normalized spacial score (nSPS) is 22.0. The van der Waals surface area contributed by atoms with Gasteiger partial charge in [0.2, 0.25) is 0 Å². The van der Waals surface area contributed by atoms with E-state index in [2.05, 4.69) is 13.0 Å². The molecule has 0 spiro atoms. The number of carbonyl (C=O) groups excluding carboxylic acids is 1. The summed E-state index contributed by atoms with van der Waals surface area (Å²) < 4.78 is 5.21. The smallest absolute Gasteiger partial charge is 0.308 e. The highest BCUT2D eigenvalue weighted by atomic mass is 16.5. The summed E-state index contributed by atoms with van der Waals surface area (Å²) in [5, 5.41) is 0. The van der Waals surface area contributed by atoms with Crippen LogP contribution in [0.1, 0.15) is 40.0 Å². The lowest BCUT2D eigenvalue weighted by Crippen LogP contribution is -2.18. The number of rotatable bonds is 3. The van der Waals surface area contributed by atoms with Gasteiger partial charge in [0, 0.05) is 0 Å². The lowest BCUT2D eigenvalue weighted by atomic mass is 9.91. The topological polar surface area (TPSA) is 26.3 Å². The second-order valence-electron chi connectivity index (χ2n) is 4.48. The quantitative estimate of drug-likeness (QED) is 0.512. The molecule has 14 heavy (non-hydrogen) atoms. The van der Waals surface area contributed by atoms with Crippen LogP contribution in [0, 0.1) is 11.8 Å². The largest absolute Gasteiger partial charge is 0.465 e. The maximum absolute atomic E-state index is 11.2. The van der Waals surface area contributed by atoms with E-state index >= 15 is 0 Å². The first-order chi connectivity index (χ1) is 6.59. The van der Waals surface area contributed by atoms with Gasteiger partial charge in [-0.05, 0) is 32.1 Å².